The van der Waals surface area contributed by atoms with Gasteiger partial charge in [-0.05, 0) is 42.8 Å². The van der Waals surface area contributed by atoms with Gasteiger partial charge in [-0.2, -0.15) is 0 Å². The first-order chi connectivity index (χ1) is 13.4. The van der Waals surface area contributed by atoms with E-state index in [2.05, 4.69) is 10.6 Å². The molecule has 0 aliphatic heterocycles. The molecule has 0 spiro atoms. The fraction of sp³-hybridized carbons (Fsp3) is 0.136. The van der Waals surface area contributed by atoms with Crippen molar-refractivity contribution < 1.29 is 13.6 Å². The minimum atomic E-state index is -0.601. The van der Waals surface area contributed by atoms with Crippen LogP contribution in [0.15, 0.2) is 66.7 Å². The average molecular weight is 401 g/mol. The Labute approximate surface area is 167 Å². The van der Waals surface area contributed by atoms with Crippen LogP contribution in [0.2, 0.25) is 5.02 Å². The molecule has 6 heteroatoms. The van der Waals surface area contributed by atoms with Crippen LogP contribution in [-0.4, -0.2) is 5.91 Å². The van der Waals surface area contributed by atoms with Gasteiger partial charge in [0, 0.05) is 29.9 Å². The fourth-order valence-electron chi connectivity index (χ4n) is 2.84. The SMILES string of the molecule is CC(NCc1cccc(NC(=O)c2ccccc2Cl)c1)c1ccc(F)cc1F. The second kappa shape index (κ2) is 8.95. The van der Waals surface area contributed by atoms with Crippen LogP contribution in [0.1, 0.15) is 34.5 Å². The number of carbonyl (C=O) groups is 1. The number of amides is 1. The van der Waals surface area contributed by atoms with Crippen molar-refractivity contribution in [3.05, 3.63) is 100 Å². The molecule has 144 valence electrons. The summed E-state index contributed by atoms with van der Waals surface area (Å²) >= 11 is 6.06. The summed E-state index contributed by atoms with van der Waals surface area (Å²) in [6.07, 6.45) is 0. The minimum Gasteiger partial charge on any atom is -0.322 e. The predicted molar refractivity (Wildman–Crippen MR) is 107 cm³/mol. The number of nitrogens with one attached hydrogen (secondary N) is 2. The molecule has 0 bridgehead atoms. The molecule has 3 nitrogen and oxygen atoms in total. The van der Waals surface area contributed by atoms with E-state index in [9.17, 15) is 13.6 Å². The van der Waals surface area contributed by atoms with Crippen molar-refractivity contribution in [1.29, 1.82) is 0 Å². The first-order valence-electron chi connectivity index (χ1n) is 8.77. The summed E-state index contributed by atoms with van der Waals surface area (Å²) in [5.74, 6) is -1.48. The molecule has 0 aliphatic rings. The van der Waals surface area contributed by atoms with E-state index in [1.807, 2.05) is 18.2 Å². The third kappa shape index (κ3) is 4.94. The third-order valence-corrected chi connectivity index (χ3v) is 4.67. The molecule has 0 saturated carbocycles. The van der Waals surface area contributed by atoms with Crippen LogP contribution in [0.4, 0.5) is 14.5 Å². The van der Waals surface area contributed by atoms with Crippen LogP contribution < -0.4 is 10.6 Å². The van der Waals surface area contributed by atoms with Crippen molar-refractivity contribution in [2.75, 3.05) is 5.32 Å². The fourth-order valence-corrected chi connectivity index (χ4v) is 3.06. The molecule has 1 amide bonds. The summed E-state index contributed by atoms with van der Waals surface area (Å²) in [4.78, 5) is 12.4. The van der Waals surface area contributed by atoms with Gasteiger partial charge in [0.05, 0.1) is 10.6 Å². The maximum atomic E-state index is 13.9. The van der Waals surface area contributed by atoms with E-state index in [1.54, 1.807) is 37.3 Å². The van der Waals surface area contributed by atoms with Gasteiger partial charge >= 0.3 is 0 Å². The molecule has 0 aliphatic carbocycles. The van der Waals surface area contributed by atoms with Crippen molar-refractivity contribution in [2.24, 2.45) is 0 Å². The average Bonchev–Trinajstić information content (AvgIpc) is 2.66. The molecule has 1 atom stereocenters. The van der Waals surface area contributed by atoms with Crippen LogP contribution in [0, 0.1) is 11.6 Å². The van der Waals surface area contributed by atoms with Gasteiger partial charge in [-0.15, -0.1) is 0 Å². The highest BCUT2D eigenvalue weighted by atomic mass is 35.5. The van der Waals surface area contributed by atoms with Gasteiger partial charge < -0.3 is 10.6 Å². The quantitative estimate of drug-likeness (QED) is 0.555. The summed E-state index contributed by atoms with van der Waals surface area (Å²) in [6.45, 7) is 2.26. The van der Waals surface area contributed by atoms with Crippen molar-refractivity contribution in [2.45, 2.75) is 19.5 Å². The molecule has 0 radical (unpaired) electrons. The number of rotatable bonds is 6. The smallest absolute Gasteiger partial charge is 0.257 e. The lowest BCUT2D eigenvalue weighted by Gasteiger charge is -2.16. The maximum Gasteiger partial charge on any atom is 0.257 e. The zero-order valence-corrected chi connectivity index (χ0v) is 15.9. The Balaban J connectivity index is 1.65. The first-order valence-corrected chi connectivity index (χ1v) is 9.15. The largest absolute Gasteiger partial charge is 0.322 e. The Morgan fingerprint density at radius 2 is 1.82 bits per heavy atom. The number of hydrogen-bond donors (Lipinski definition) is 2. The molecule has 0 saturated heterocycles. The normalized spacial score (nSPS) is 11.9. The van der Waals surface area contributed by atoms with E-state index in [-0.39, 0.29) is 11.9 Å². The maximum absolute atomic E-state index is 13.9. The van der Waals surface area contributed by atoms with Gasteiger partial charge in [0.2, 0.25) is 0 Å². The van der Waals surface area contributed by atoms with Crippen molar-refractivity contribution in [3.8, 4) is 0 Å². The molecule has 2 N–H and O–H groups in total. The Morgan fingerprint density at radius 1 is 1.04 bits per heavy atom. The summed E-state index contributed by atoms with van der Waals surface area (Å²) in [5, 5.41) is 6.40. The molecular formula is C22H19ClF2N2O. The van der Waals surface area contributed by atoms with Gasteiger partial charge in [-0.25, -0.2) is 8.78 Å². The highest BCUT2D eigenvalue weighted by molar-refractivity contribution is 6.34. The lowest BCUT2D eigenvalue weighted by molar-refractivity contribution is 0.102. The Bertz CT molecular complexity index is 994. The number of hydrogen-bond acceptors (Lipinski definition) is 2. The summed E-state index contributed by atoms with van der Waals surface area (Å²) in [6, 6.07) is 17.4. The monoisotopic (exact) mass is 400 g/mol. The molecule has 3 rings (SSSR count). The van der Waals surface area contributed by atoms with Gasteiger partial charge in [0.15, 0.2) is 0 Å². The minimum absolute atomic E-state index is 0.294. The predicted octanol–water partition coefficient (Wildman–Crippen LogP) is 5.72. The molecule has 0 heterocycles. The number of carbonyl (C=O) groups excluding carboxylic acids is 1. The Hall–Kier alpha value is -2.76. The standard InChI is InChI=1S/C22H19ClF2N2O/c1-14(18-10-9-16(24)12-21(18)25)26-13-15-5-4-6-17(11-15)27-22(28)19-7-2-3-8-20(19)23/h2-12,14,26H,13H2,1H3,(H,27,28). The van der Waals surface area contributed by atoms with E-state index in [0.717, 1.165) is 11.6 Å². The Morgan fingerprint density at radius 3 is 2.57 bits per heavy atom. The number of halogens is 3. The second-order valence-electron chi connectivity index (χ2n) is 6.40. The molecule has 1 unspecified atom stereocenters. The van der Waals surface area contributed by atoms with Crippen LogP contribution in [0.3, 0.4) is 0 Å². The molecule has 3 aromatic carbocycles. The third-order valence-electron chi connectivity index (χ3n) is 4.34. The highest BCUT2D eigenvalue weighted by Gasteiger charge is 2.12. The molecule has 3 aromatic rings. The Kier molecular flexibility index (Phi) is 6.39. The van der Waals surface area contributed by atoms with E-state index in [0.29, 0.717) is 28.4 Å². The lowest BCUT2D eigenvalue weighted by Crippen LogP contribution is -2.19. The van der Waals surface area contributed by atoms with Gasteiger partial charge in [0.1, 0.15) is 11.6 Å². The van der Waals surface area contributed by atoms with Crippen molar-refractivity contribution >= 4 is 23.2 Å². The number of benzene rings is 3. The van der Waals surface area contributed by atoms with Crippen LogP contribution in [-0.2, 0) is 6.54 Å². The summed E-state index contributed by atoms with van der Waals surface area (Å²) < 4.78 is 26.9. The van der Waals surface area contributed by atoms with Crippen LogP contribution in [0.5, 0.6) is 0 Å². The zero-order chi connectivity index (χ0) is 20.1. The molecule has 0 aromatic heterocycles. The second-order valence-corrected chi connectivity index (χ2v) is 6.81. The van der Waals surface area contributed by atoms with E-state index >= 15 is 0 Å². The zero-order valence-electron chi connectivity index (χ0n) is 15.2. The molecule has 0 fully saturated rings. The van der Waals surface area contributed by atoms with E-state index in [4.69, 9.17) is 11.6 Å². The topological polar surface area (TPSA) is 41.1 Å². The van der Waals surface area contributed by atoms with Crippen molar-refractivity contribution in [3.63, 3.8) is 0 Å². The molecule has 28 heavy (non-hydrogen) atoms. The van der Waals surface area contributed by atoms with Gasteiger partial charge in [-0.1, -0.05) is 41.9 Å². The van der Waals surface area contributed by atoms with E-state index in [1.165, 1.54) is 12.1 Å². The van der Waals surface area contributed by atoms with Crippen LogP contribution >= 0.6 is 11.6 Å². The summed E-state index contributed by atoms with van der Waals surface area (Å²) in [5.41, 5.74) is 2.33. The lowest BCUT2D eigenvalue weighted by atomic mass is 10.1. The van der Waals surface area contributed by atoms with Gasteiger partial charge in [-0.3, -0.25) is 4.79 Å². The first kappa shape index (κ1) is 20.0. The van der Waals surface area contributed by atoms with Crippen LogP contribution in [0.25, 0.3) is 0 Å². The number of anilines is 1. The van der Waals surface area contributed by atoms with Crippen molar-refractivity contribution in [1.82, 2.24) is 5.32 Å². The van der Waals surface area contributed by atoms with E-state index < -0.39 is 11.6 Å². The highest BCUT2D eigenvalue weighted by Crippen LogP contribution is 2.20. The molecular weight excluding hydrogens is 382 g/mol. The summed E-state index contributed by atoms with van der Waals surface area (Å²) in [7, 11) is 0. The van der Waals surface area contributed by atoms with Gasteiger partial charge in [0.25, 0.3) is 5.91 Å².